The van der Waals surface area contributed by atoms with Gasteiger partial charge in [0.15, 0.2) is 5.13 Å². The van der Waals surface area contributed by atoms with Crippen molar-refractivity contribution < 1.29 is 4.79 Å². The van der Waals surface area contributed by atoms with Crippen LogP contribution >= 0.6 is 11.3 Å². The molecule has 2 N–H and O–H groups in total. The third-order valence-corrected chi connectivity index (χ3v) is 7.54. The van der Waals surface area contributed by atoms with Crippen molar-refractivity contribution in [1.29, 1.82) is 0 Å². The third kappa shape index (κ3) is 3.38. The van der Waals surface area contributed by atoms with Gasteiger partial charge in [-0.2, -0.15) is 0 Å². The zero-order valence-electron chi connectivity index (χ0n) is 16.8. The van der Waals surface area contributed by atoms with Crippen molar-refractivity contribution in [2.75, 3.05) is 31.9 Å². The number of fused-ring (bicyclic) bond motifs is 4. The molecule has 2 saturated heterocycles. The molecule has 2 bridgehead atoms. The van der Waals surface area contributed by atoms with Crippen molar-refractivity contribution in [2.45, 2.75) is 45.2 Å². The first-order valence-electron chi connectivity index (χ1n) is 10.5. The minimum atomic E-state index is 0.0212. The van der Waals surface area contributed by atoms with E-state index in [-0.39, 0.29) is 17.4 Å². The van der Waals surface area contributed by atoms with Crippen LogP contribution < -0.4 is 11.3 Å². The van der Waals surface area contributed by atoms with E-state index >= 15 is 0 Å². The second kappa shape index (κ2) is 7.25. The van der Waals surface area contributed by atoms with Gasteiger partial charge in [-0.15, -0.1) is 0 Å². The number of pyridine rings is 1. The Bertz CT molecular complexity index is 1010. The number of thiazole rings is 1. The van der Waals surface area contributed by atoms with Gasteiger partial charge >= 0.3 is 0 Å². The highest BCUT2D eigenvalue weighted by Crippen LogP contribution is 2.36. The summed E-state index contributed by atoms with van der Waals surface area (Å²) in [6, 6.07) is 4.14. The van der Waals surface area contributed by atoms with E-state index in [0.29, 0.717) is 41.3 Å². The lowest BCUT2D eigenvalue weighted by molar-refractivity contribution is 0.0598. The van der Waals surface area contributed by atoms with Crippen molar-refractivity contribution in [3.8, 4) is 0 Å². The molecule has 2 aromatic rings. The van der Waals surface area contributed by atoms with Gasteiger partial charge in [-0.1, -0.05) is 17.4 Å². The molecular weight excluding hydrogens is 386 g/mol. The van der Waals surface area contributed by atoms with Crippen LogP contribution in [0.2, 0.25) is 0 Å². The van der Waals surface area contributed by atoms with Crippen LogP contribution in [-0.4, -0.2) is 51.4 Å². The average molecular weight is 414 g/mol. The monoisotopic (exact) mass is 413 g/mol. The molecule has 1 amide bonds. The number of hydrogen-bond donors (Lipinski definition) is 1. The number of likely N-dealkylation sites (tertiary alicyclic amines) is 2. The van der Waals surface area contributed by atoms with Gasteiger partial charge in [0, 0.05) is 43.4 Å². The Hall–Kier alpha value is -2.19. The number of rotatable bonds is 3. The normalized spacial score (nSPS) is 24.0. The van der Waals surface area contributed by atoms with Gasteiger partial charge in [0.1, 0.15) is 4.88 Å². The van der Waals surface area contributed by atoms with Gasteiger partial charge in [0.25, 0.3) is 11.5 Å². The Morgan fingerprint density at radius 2 is 2.03 bits per heavy atom. The summed E-state index contributed by atoms with van der Waals surface area (Å²) in [5.41, 5.74) is 8.63. The Balaban J connectivity index is 1.39. The van der Waals surface area contributed by atoms with E-state index in [9.17, 15) is 9.59 Å². The van der Waals surface area contributed by atoms with Crippen LogP contribution in [-0.2, 0) is 13.1 Å². The van der Waals surface area contributed by atoms with Crippen LogP contribution in [0.25, 0.3) is 0 Å². The molecule has 2 aromatic heterocycles. The largest absolute Gasteiger partial charge is 0.375 e. The quantitative estimate of drug-likeness (QED) is 0.833. The lowest BCUT2D eigenvalue weighted by atomic mass is 9.83. The summed E-state index contributed by atoms with van der Waals surface area (Å²) in [6.07, 6.45) is 3.49. The molecule has 3 aliphatic heterocycles. The lowest BCUT2D eigenvalue weighted by Crippen LogP contribution is -2.49. The van der Waals surface area contributed by atoms with Crippen LogP contribution in [0.4, 0.5) is 5.13 Å². The molecule has 154 valence electrons. The molecule has 0 unspecified atom stereocenters. The van der Waals surface area contributed by atoms with Crippen molar-refractivity contribution in [3.05, 3.63) is 44.3 Å². The molecule has 7 nitrogen and oxygen atoms in total. The van der Waals surface area contributed by atoms with Crippen molar-refractivity contribution in [1.82, 2.24) is 19.4 Å². The van der Waals surface area contributed by atoms with E-state index in [4.69, 9.17) is 5.73 Å². The SMILES string of the molecule is Cc1nc(N)sc1C(=O)N1C[C@@H]2C[C@H](C1)c1ccc(CN3CCCC3)c(=O)n1C2. The van der Waals surface area contributed by atoms with Crippen LogP contribution in [0.15, 0.2) is 16.9 Å². The summed E-state index contributed by atoms with van der Waals surface area (Å²) in [6.45, 7) is 6.81. The Labute approximate surface area is 174 Å². The van der Waals surface area contributed by atoms with Gasteiger partial charge in [-0.05, 0) is 51.3 Å². The Morgan fingerprint density at radius 1 is 1.24 bits per heavy atom. The molecule has 3 aliphatic rings. The summed E-state index contributed by atoms with van der Waals surface area (Å²) >= 11 is 1.26. The Morgan fingerprint density at radius 3 is 2.76 bits per heavy atom. The number of nitrogens with zero attached hydrogens (tertiary/aromatic N) is 4. The van der Waals surface area contributed by atoms with Crippen LogP contribution in [0.3, 0.4) is 0 Å². The highest BCUT2D eigenvalue weighted by atomic mass is 32.1. The molecule has 0 aliphatic carbocycles. The maximum Gasteiger partial charge on any atom is 0.265 e. The van der Waals surface area contributed by atoms with Crippen LogP contribution in [0.1, 0.15) is 51.8 Å². The predicted octanol–water partition coefficient (Wildman–Crippen LogP) is 2.05. The topological polar surface area (TPSA) is 84.5 Å². The standard InChI is InChI=1S/C21H27N5O2S/c1-13-18(29-21(22)23-13)20(28)25-9-14-8-16(12-25)17-5-4-15(19(27)26(17)10-14)11-24-6-2-3-7-24/h4-5,14,16H,2-3,6-12H2,1H3,(H2,22,23)/t14-,16+/m0/s1. The number of carbonyl (C=O) groups is 1. The number of anilines is 1. The second-order valence-corrected chi connectivity index (χ2v) is 9.69. The molecule has 2 atom stereocenters. The first kappa shape index (κ1) is 18.8. The molecule has 0 radical (unpaired) electrons. The number of nitrogens with two attached hydrogens (primary N) is 1. The smallest absolute Gasteiger partial charge is 0.265 e. The number of hydrogen-bond acceptors (Lipinski definition) is 6. The number of aryl methyl sites for hydroxylation is 1. The maximum absolute atomic E-state index is 13.2. The van der Waals surface area contributed by atoms with Crippen LogP contribution in [0, 0.1) is 12.8 Å². The molecule has 2 fully saturated rings. The van der Waals surface area contributed by atoms with Gasteiger partial charge in [-0.25, -0.2) is 4.98 Å². The summed E-state index contributed by atoms with van der Waals surface area (Å²) in [5, 5.41) is 0.436. The molecule has 5 rings (SSSR count). The van der Waals surface area contributed by atoms with E-state index in [1.807, 2.05) is 22.5 Å². The van der Waals surface area contributed by atoms with E-state index in [0.717, 1.165) is 37.3 Å². The van der Waals surface area contributed by atoms with E-state index < -0.39 is 0 Å². The molecule has 0 aromatic carbocycles. The summed E-state index contributed by atoms with van der Waals surface area (Å²) in [7, 11) is 0. The summed E-state index contributed by atoms with van der Waals surface area (Å²) < 4.78 is 1.99. The van der Waals surface area contributed by atoms with Crippen LogP contribution in [0.5, 0.6) is 0 Å². The average Bonchev–Trinajstić information content (AvgIpc) is 3.32. The minimum Gasteiger partial charge on any atom is -0.375 e. The van der Waals surface area contributed by atoms with E-state index in [2.05, 4.69) is 16.0 Å². The summed E-state index contributed by atoms with van der Waals surface area (Å²) in [5.74, 6) is 0.550. The predicted molar refractivity (Wildman–Crippen MR) is 113 cm³/mol. The fourth-order valence-electron chi connectivity index (χ4n) is 5.22. The third-order valence-electron chi connectivity index (χ3n) is 6.57. The highest BCUT2D eigenvalue weighted by Gasteiger charge is 2.37. The van der Waals surface area contributed by atoms with E-state index in [1.54, 1.807) is 0 Å². The molecule has 0 saturated carbocycles. The second-order valence-electron chi connectivity index (χ2n) is 8.66. The minimum absolute atomic E-state index is 0.0212. The molecule has 0 spiro atoms. The fourth-order valence-corrected chi connectivity index (χ4v) is 6.02. The van der Waals surface area contributed by atoms with Gasteiger partial charge in [-0.3, -0.25) is 14.5 Å². The van der Waals surface area contributed by atoms with Gasteiger partial charge < -0.3 is 15.2 Å². The number of carbonyl (C=O) groups excluding carboxylic acids is 1. The number of aromatic nitrogens is 2. The first-order chi connectivity index (χ1) is 14.0. The zero-order chi connectivity index (χ0) is 20.1. The highest BCUT2D eigenvalue weighted by molar-refractivity contribution is 7.17. The van der Waals surface area contributed by atoms with Gasteiger partial charge in [0.2, 0.25) is 0 Å². The maximum atomic E-state index is 13.2. The fraction of sp³-hybridized carbons (Fsp3) is 0.571. The number of amides is 1. The molecular formula is C21H27N5O2S. The summed E-state index contributed by atoms with van der Waals surface area (Å²) in [4.78, 5) is 35.4. The molecule has 29 heavy (non-hydrogen) atoms. The van der Waals surface area contributed by atoms with Crippen molar-refractivity contribution in [2.24, 2.45) is 5.92 Å². The van der Waals surface area contributed by atoms with Gasteiger partial charge in [0.05, 0.1) is 5.69 Å². The zero-order valence-corrected chi connectivity index (χ0v) is 17.6. The number of nitrogen functional groups attached to an aromatic ring is 1. The van der Waals surface area contributed by atoms with E-state index in [1.165, 1.54) is 24.2 Å². The van der Waals surface area contributed by atoms with Crippen molar-refractivity contribution >= 4 is 22.4 Å². The lowest BCUT2D eigenvalue weighted by Gasteiger charge is -2.42. The molecule has 8 heteroatoms. The first-order valence-corrected chi connectivity index (χ1v) is 11.3. The number of piperidine rings is 1. The molecule has 5 heterocycles. The van der Waals surface area contributed by atoms with Crippen molar-refractivity contribution in [3.63, 3.8) is 0 Å². The Kier molecular flexibility index (Phi) is 4.70.